The Morgan fingerprint density at radius 3 is 2.71 bits per heavy atom. The SMILES string of the molecule is CC(CNC(=O)C1CCC1C(=O)O)Oc1cccc(F)c1. The number of rotatable bonds is 6. The lowest BCUT2D eigenvalue weighted by atomic mass is 9.73. The second-order valence-electron chi connectivity index (χ2n) is 5.26. The maximum atomic E-state index is 13.0. The van der Waals surface area contributed by atoms with Gasteiger partial charge in [0.2, 0.25) is 5.91 Å². The van der Waals surface area contributed by atoms with Crippen molar-refractivity contribution >= 4 is 11.9 Å². The van der Waals surface area contributed by atoms with Crippen LogP contribution >= 0.6 is 0 Å². The van der Waals surface area contributed by atoms with Crippen molar-refractivity contribution in [3.63, 3.8) is 0 Å². The molecule has 0 bridgehead atoms. The molecule has 0 aliphatic heterocycles. The number of ether oxygens (including phenoxy) is 1. The average molecular weight is 295 g/mol. The van der Waals surface area contributed by atoms with Gasteiger partial charge >= 0.3 is 5.97 Å². The molecule has 0 radical (unpaired) electrons. The fraction of sp³-hybridized carbons (Fsp3) is 0.467. The summed E-state index contributed by atoms with van der Waals surface area (Å²) in [6.45, 7) is 2.00. The van der Waals surface area contributed by atoms with Crippen molar-refractivity contribution in [1.82, 2.24) is 5.32 Å². The smallest absolute Gasteiger partial charge is 0.307 e. The van der Waals surface area contributed by atoms with Gasteiger partial charge in [-0.25, -0.2) is 4.39 Å². The van der Waals surface area contributed by atoms with Crippen LogP contribution in [0.25, 0.3) is 0 Å². The van der Waals surface area contributed by atoms with Gasteiger partial charge in [0.25, 0.3) is 0 Å². The molecule has 2 N–H and O–H groups in total. The molecular weight excluding hydrogens is 277 g/mol. The zero-order chi connectivity index (χ0) is 15.4. The lowest BCUT2D eigenvalue weighted by Gasteiger charge is -2.32. The van der Waals surface area contributed by atoms with Crippen LogP contribution in [-0.2, 0) is 9.59 Å². The first-order valence-corrected chi connectivity index (χ1v) is 6.90. The van der Waals surface area contributed by atoms with Crippen LogP contribution in [0.5, 0.6) is 5.75 Å². The third-order valence-electron chi connectivity index (χ3n) is 3.63. The Morgan fingerprint density at radius 2 is 2.14 bits per heavy atom. The molecule has 5 nitrogen and oxygen atoms in total. The second-order valence-corrected chi connectivity index (χ2v) is 5.26. The third kappa shape index (κ3) is 3.93. The van der Waals surface area contributed by atoms with Crippen LogP contribution < -0.4 is 10.1 Å². The Bertz CT molecular complexity index is 534. The molecule has 3 unspecified atom stereocenters. The number of hydrogen-bond donors (Lipinski definition) is 2. The summed E-state index contributed by atoms with van der Waals surface area (Å²) in [7, 11) is 0. The van der Waals surface area contributed by atoms with Crippen molar-refractivity contribution in [3.05, 3.63) is 30.1 Å². The molecule has 3 atom stereocenters. The Hall–Kier alpha value is -2.11. The highest BCUT2D eigenvalue weighted by Crippen LogP contribution is 2.34. The molecule has 0 saturated heterocycles. The molecule has 1 amide bonds. The number of aliphatic carboxylic acids is 1. The van der Waals surface area contributed by atoms with Crippen LogP contribution in [0, 0.1) is 17.7 Å². The van der Waals surface area contributed by atoms with E-state index in [0.29, 0.717) is 18.6 Å². The molecular formula is C15H18FNO4. The maximum Gasteiger partial charge on any atom is 0.307 e. The topological polar surface area (TPSA) is 75.6 Å². The summed E-state index contributed by atoms with van der Waals surface area (Å²) in [5.74, 6) is -2.21. The van der Waals surface area contributed by atoms with E-state index in [9.17, 15) is 14.0 Å². The van der Waals surface area contributed by atoms with E-state index in [2.05, 4.69) is 5.32 Å². The zero-order valence-corrected chi connectivity index (χ0v) is 11.7. The first kappa shape index (κ1) is 15.3. The molecule has 1 saturated carbocycles. The molecule has 114 valence electrons. The van der Waals surface area contributed by atoms with Gasteiger partial charge in [-0.2, -0.15) is 0 Å². The van der Waals surface area contributed by atoms with E-state index in [1.165, 1.54) is 12.1 Å². The van der Waals surface area contributed by atoms with E-state index in [1.807, 2.05) is 0 Å². The van der Waals surface area contributed by atoms with Crippen molar-refractivity contribution < 1.29 is 23.8 Å². The molecule has 6 heteroatoms. The summed E-state index contributed by atoms with van der Waals surface area (Å²) in [5, 5.41) is 11.6. The van der Waals surface area contributed by atoms with Crippen molar-refractivity contribution in [2.75, 3.05) is 6.54 Å². The quantitative estimate of drug-likeness (QED) is 0.839. The highest BCUT2D eigenvalue weighted by Gasteiger charge is 2.41. The number of halogens is 1. The third-order valence-corrected chi connectivity index (χ3v) is 3.63. The predicted molar refractivity (Wildman–Crippen MR) is 73.3 cm³/mol. The van der Waals surface area contributed by atoms with Gasteiger partial charge in [0.15, 0.2) is 0 Å². The molecule has 0 heterocycles. The Balaban J connectivity index is 1.77. The summed E-state index contributed by atoms with van der Waals surface area (Å²) < 4.78 is 18.5. The summed E-state index contributed by atoms with van der Waals surface area (Å²) in [4.78, 5) is 22.7. The molecule has 1 aromatic carbocycles. The lowest BCUT2D eigenvalue weighted by molar-refractivity contribution is -0.152. The van der Waals surface area contributed by atoms with Crippen molar-refractivity contribution in [2.45, 2.75) is 25.9 Å². The Morgan fingerprint density at radius 1 is 1.43 bits per heavy atom. The van der Waals surface area contributed by atoms with Crippen LogP contribution in [0.3, 0.4) is 0 Å². The van der Waals surface area contributed by atoms with Gasteiger partial charge in [0, 0.05) is 6.07 Å². The zero-order valence-electron chi connectivity index (χ0n) is 11.7. The fourth-order valence-corrected chi connectivity index (χ4v) is 2.30. The van der Waals surface area contributed by atoms with Gasteiger partial charge in [-0.3, -0.25) is 9.59 Å². The van der Waals surface area contributed by atoms with Crippen LogP contribution in [-0.4, -0.2) is 29.6 Å². The summed E-state index contributed by atoms with van der Waals surface area (Å²) in [6.07, 6.45) is 0.809. The van der Waals surface area contributed by atoms with Gasteiger partial charge in [-0.05, 0) is 31.9 Å². The first-order chi connectivity index (χ1) is 9.97. The van der Waals surface area contributed by atoms with Crippen LogP contribution in [0.15, 0.2) is 24.3 Å². The molecule has 1 aromatic rings. The number of benzene rings is 1. The van der Waals surface area contributed by atoms with E-state index in [1.54, 1.807) is 19.1 Å². The summed E-state index contributed by atoms with van der Waals surface area (Å²) in [5.41, 5.74) is 0. The Labute approximate surface area is 122 Å². The summed E-state index contributed by atoms with van der Waals surface area (Å²) in [6, 6.07) is 5.77. The molecule has 21 heavy (non-hydrogen) atoms. The highest BCUT2D eigenvalue weighted by molar-refractivity contribution is 5.86. The molecule has 2 rings (SSSR count). The molecule has 1 aliphatic carbocycles. The number of nitrogens with one attached hydrogen (secondary N) is 1. The van der Waals surface area contributed by atoms with Crippen molar-refractivity contribution in [2.24, 2.45) is 11.8 Å². The standard InChI is InChI=1S/C15H18FNO4/c1-9(21-11-4-2-3-10(16)7-11)8-17-14(18)12-5-6-13(12)15(19)20/h2-4,7,9,12-13H,5-6,8H2,1H3,(H,17,18)(H,19,20). The van der Waals surface area contributed by atoms with Crippen molar-refractivity contribution in [1.29, 1.82) is 0 Å². The van der Waals surface area contributed by atoms with E-state index in [-0.39, 0.29) is 24.4 Å². The monoisotopic (exact) mass is 295 g/mol. The minimum absolute atomic E-state index is 0.248. The first-order valence-electron chi connectivity index (χ1n) is 6.90. The van der Waals surface area contributed by atoms with E-state index in [0.717, 1.165) is 0 Å². The van der Waals surface area contributed by atoms with E-state index < -0.39 is 17.8 Å². The van der Waals surface area contributed by atoms with Crippen LogP contribution in [0.1, 0.15) is 19.8 Å². The number of hydrogen-bond acceptors (Lipinski definition) is 3. The minimum atomic E-state index is -0.926. The average Bonchev–Trinajstić information content (AvgIpc) is 2.34. The summed E-state index contributed by atoms with van der Waals surface area (Å²) >= 11 is 0. The fourth-order valence-electron chi connectivity index (χ4n) is 2.30. The number of carbonyl (C=O) groups is 2. The van der Waals surface area contributed by atoms with E-state index in [4.69, 9.17) is 9.84 Å². The predicted octanol–water partition coefficient (Wildman–Crippen LogP) is 1.82. The van der Waals surface area contributed by atoms with E-state index >= 15 is 0 Å². The van der Waals surface area contributed by atoms with Gasteiger partial charge < -0.3 is 15.2 Å². The normalized spacial score (nSPS) is 22.0. The van der Waals surface area contributed by atoms with Crippen LogP contribution in [0.2, 0.25) is 0 Å². The van der Waals surface area contributed by atoms with Gasteiger partial charge in [-0.1, -0.05) is 6.07 Å². The van der Waals surface area contributed by atoms with Crippen LogP contribution in [0.4, 0.5) is 4.39 Å². The molecule has 1 fully saturated rings. The molecule has 0 aromatic heterocycles. The molecule has 0 spiro atoms. The molecule has 1 aliphatic rings. The number of amides is 1. The van der Waals surface area contributed by atoms with Gasteiger partial charge in [-0.15, -0.1) is 0 Å². The van der Waals surface area contributed by atoms with Gasteiger partial charge in [0.1, 0.15) is 17.7 Å². The number of carbonyl (C=O) groups excluding carboxylic acids is 1. The second kappa shape index (κ2) is 6.56. The highest BCUT2D eigenvalue weighted by atomic mass is 19.1. The van der Waals surface area contributed by atoms with Crippen molar-refractivity contribution in [3.8, 4) is 5.75 Å². The Kier molecular flexibility index (Phi) is 4.77. The van der Waals surface area contributed by atoms with Gasteiger partial charge in [0.05, 0.1) is 18.4 Å². The number of carboxylic acids is 1. The lowest BCUT2D eigenvalue weighted by Crippen LogP contribution is -2.46. The number of carboxylic acid groups (broad SMARTS) is 1. The minimum Gasteiger partial charge on any atom is -0.489 e. The largest absolute Gasteiger partial charge is 0.489 e. The maximum absolute atomic E-state index is 13.0.